The van der Waals surface area contributed by atoms with Crippen LogP contribution in [0.3, 0.4) is 0 Å². The molecule has 0 bridgehead atoms. The zero-order valence-electron chi connectivity index (χ0n) is 13.4. The Kier molecular flexibility index (Phi) is 6.09. The van der Waals surface area contributed by atoms with Gasteiger partial charge in [-0.15, -0.1) is 0 Å². The SMILES string of the molecule is CNC(CCc1ccccc1)C1CCC(C(C)C)CC1. The van der Waals surface area contributed by atoms with Gasteiger partial charge >= 0.3 is 0 Å². The highest BCUT2D eigenvalue weighted by Crippen LogP contribution is 2.35. The molecule has 20 heavy (non-hydrogen) atoms. The van der Waals surface area contributed by atoms with Crippen LogP contribution in [0.5, 0.6) is 0 Å². The molecule has 1 aromatic carbocycles. The standard InChI is InChI=1S/C19H31N/c1-15(2)17-10-12-18(13-11-17)19(20-3)14-9-16-7-5-4-6-8-16/h4-8,15,17-20H,9-14H2,1-3H3. The van der Waals surface area contributed by atoms with E-state index in [1.165, 1.54) is 44.1 Å². The summed E-state index contributed by atoms with van der Waals surface area (Å²) in [7, 11) is 2.14. The van der Waals surface area contributed by atoms with E-state index < -0.39 is 0 Å². The van der Waals surface area contributed by atoms with Crippen molar-refractivity contribution in [2.75, 3.05) is 7.05 Å². The van der Waals surface area contributed by atoms with Crippen molar-refractivity contribution in [1.29, 1.82) is 0 Å². The van der Waals surface area contributed by atoms with Crippen molar-refractivity contribution in [3.63, 3.8) is 0 Å². The molecular formula is C19H31N. The summed E-state index contributed by atoms with van der Waals surface area (Å²) in [6.07, 6.45) is 8.19. The van der Waals surface area contributed by atoms with Crippen molar-refractivity contribution in [2.45, 2.75) is 58.4 Å². The van der Waals surface area contributed by atoms with E-state index in [1.807, 2.05) is 0 Å². The van der Waals surface area contributed by atoms with E-state index in [0.29, 0.717) is 6.04 Å². The van der Waals surface area contributed by atoms with Gasteiger partial charge in [-0.05, 0) is 68.9 Å². The number of hydrogen-bond acceptors (Lipinski definition) is 1. The number of aryl methyl sites for hydroxylation is 1. The Balaban J connectivity index is 1.80. The Morgan fingerprint density at radius 2 is 1.60 bits per heavy atom. The Morgan fingerprint density at radius 3 is 2.15 bits per heavy atom. The molecule has 1 nitrogen and oxygen atoms in total. The van der Waals surface area contributed by atoms with Crippen LogP contribution in [0.15, 0.2) is 30.3 Å². The topological polar surface area (TPSA) is 12.0 Å². The van der Waals surface area contributed by atoms with E-state index in [0.717, 1.165) is 17.8 Å². The first-order valence-corrected chi connectivity index (χ1v) is 8.42. The predicted molar refractivity (Wildman–Crippen MR) is 87.9 cm³/mol. The average Bonchev–Trinajstić information content (AvgIpc) is 2.49. The highest BCUT2D eigenvalue weighted by Gasteiger charge is 2.27. The van der Waals surface area contributed by atoms with Gasteiger partial charge in [0.05, 0.1) is 0 Å². The van der Waals surface area contributed by atoms with Crippen LogP contribution in [0.2, 0.25) is 0 Å². The Hall–Kier alpha value is -0.820. The van der Waals surface area contributed by atoms with Crippen LogP contribution < -0.4 is 5.32 Å². The summed E-state index contributed by atoms with van der Waals surface area (Å²) in [6.45, 7) is 4.77. The molecule has 1 N–H and O–H groups in total. The molecule has 1 aliphatic rings. The first kappa shape index (κ1) is 15.6. The van der Waals surface area contributed by atoms with Crippen molar-refractivity contribution in [3.8, 4) is 0 Å². The summed E-state index contributed by atoms with van der Waals surface area (Å²) in [4.78, 5) is 0. The highest BCUT2D eigenvalue weighted by atomic mass is 14.9. The van der Waals surface area contributed by atoms with Crippen molar-refractivity contribution in [1.82, 2.24) is 5.32 Å². The lowest BCUT2D eigenvalue weighted by atomic mass is 9.74. The summed E-state index contributed by atoms with van der Waals surface area (Å²) in [5.41, 5.74) is 1.48. The van der Waals surface area contributed by atoms with E-state index in [1.54, 1.807) is 0 Å². The van der Waals surface area contributed by atoms with Gasteiger partial charge in [0, 0.05) is 6.04 Å². The minimum Gasteiger partial charge on any atom is -0.317 e. The van der Waals surface area contributed by atoms with Crippen LogP contribution in [0.4, 0.5) is 0 Å². The van der Waals surface area contributed by atoms with Crippen LogP contribution in [-0.4, -0.2) is 13.1 Å². The maximum absolute atomic E-state index is 3.59. The largest absolute Gasteiger partial charge is 0.317 e. The van der Waals surface area contributed by atoms with Gasteiger partial charge in [-0.3, -0.25) is 0 Å². The molecule has 0 aliphatic heterocycles. The lowest BCUT2D eigenvalue weighted by Gasteiger charge is -2.35. The second-order valence-corrected chi connectivity index (χ2v) is 6.84. The number of rotatable bonds is 6. The average molecular weight is 273 g/mol. The van der Waals surface area contributed by atoms with E-state index >= 15 is 0 Å². The van der Waals surface area contributed by atoms with Crippen LogP contribution in [0.25, 0.3) is 0 Å². The molecular weight excluding hydrogens is 242 g/mol. The summed E-state index contributed by atoms with van der Waals surface area (Å²) in [5.74, 6) is 2.73. The van der Waals surface area contributed by atoms with E-state index in [9.17, 15) is 0 Å². The predicted octanol–water partition coefficient (Wildman–Crippen LogP) is 4.67. The van der Waals surface area contributed by atoms with Crippen LogP contribution in [-0.2, 0) is 6.42 Å². The lowest BCUT2D eigenvalue weighted by Crippen LogP contribution is -2.36. The number of hydrogen-bond donors (Lipinski definition) is 1. The molecule has 1 unspecified atom stereocenters. The normalized spacial score (nSPS) is 24.8. The molecule has 0 aromatic heterocycles. The fraction of sp³-hybridized carbons (Fsp3) is 0.684. The first-order valence-electron chi connectivity index (χ1n) is 8.42. The van der Waals surface area contributed by atoms with Crippen molar-refractivity contribution in [2.24, 2.45) is 17.8 Å². The summed E-state index contributed by atoms with van der Waals surface area (Å²) in [5, 5.41) is 3.59. The van der Waals surface area contributed by atoms with E-state index in [-0.39, 0.29) is 0 Å². The Labute approximate surface area is 125 Å². The van der Waals surface area contributed by atoms with Crippen molar-refractivity contribution >= 4 is 0 Å². The molecule has 0 heterocycles. The third kappa shape index (κ3) is 4.34. The van der Waals surface area contributed by atoms with Gasteiger partial charge < -0.3 is 5.32 Å². The second kappa shape index (κ2) is 7.83. The molecule has 2 rings (SSSR count). The first-order chi connectivity index (χ1) is 9.70. The molecule has 0 saturated heterocycles. The molecule has 0 radical (unpaired) electrons. The van der Waals surface area contributed by atoms with Gasteiger partial charge in [-0.1, -0.05) is 44.2 Å². The molecule has 112 valence electrons. The van der Waals surface area contributed by atoms with Gasteiger partial charge in [-0.25, -0.2) is 0 Å². The second-order valence-electron chi connectivity index (χ2n) is 6.84. The molecule has 1 heteroatoms. The molecule has 1 fully saturated rings. The minimum atomic E-state index is 0.698. The number of benzene rings is 1. The number of nitrogens with one attached hydrogen (secondary N) is 1. The quantitative estimate of drug-likeness (QED) is 0.794. The summed E-state index contributed by atoms with van der Waals surface area (Å²) < 4.78 is 0. The molecule has 1 aliphatic carbocycles. The van der Waals surface area contributed by atoms with Crippen LogP contribution >= 0.6 is 0 Å². The maximum atomic E-state index is 3.59. The Morgan fingerprint density at radius 1 is 1.00 bits per heavy atom. The Bertz CT molecular complexity index is 363. The molecule has 1 saturated carbocycles. The molecule has 1 aromatic rings. The van der Waals surface area contributed by atoms with Crippen molar-refractivity contribution < 1.29 is 0 Å². The molecule has 0 spiro atoms. The summed E-state index contributed by atoms with van der Waals surface area (Å²) in [6, 6.07) is 11.6. The summed E-state index contributed by atoms with van der Waals surface area (Å²) >= 11 is 0. The van der Waals surface area contributed by atoms with E-state index in [2.05, 4.69) is 56.5 Å². The van der Waals surface area contributed by atoms with Gasteiger partial charge in [0.25, 0.3) is 0 Å². The maximum Gasteiger partial charge on any atom is 0.00954 e. The van der Waals surface area contributed by atoms with Gasteiger partial charge in [0.1, 0.15) is 0 Å². The monoisotopic (exact) mass is 273 g/mol. The van der Waals surface area contributed by atoms with Gasteiger partial charge in [-0.2, -0.15) is 0 Å². The lowest BCUT2D eigenvalue weighted by molar-refractivity contribution is 0.188. The van der Waals surface area contributed by atoms with Crippen LogP contribution in [0, 0.1) is 17.8 Å². The fourth-order valence-corrected chi connectivity index (χ4v) is 3.80. The van der Waals surface area contributed by atoms with Crippen LogP contribution in [0.1, 0.15) is 51.5 Å². The van der Waals surface area contributed by atoms with E-state index in [4.69, 9.17) is 0 Å². The minimum absolute atomic E-state index is 0.698. The fourth-order valence-electron chi connectivity index (χ4n) is 3.80. The van der Waals surface area contributed by atoms with Gasteiger partial charge in [0.2, 0.25) is 0 Å². The van der Waals surface area contributed by atoms with Crippen molar-refractivity contribution in [3.05, 3.63) is 35.9 Å². The molecule has 0 amide bonds. The third-order valence-electron chi connectivity index (χ3n) is 5.29. The molecule has 1 atom stereocenters. The zero-order chi connectivity index (χ0) is 14.4. The zero-order valence-corrected chi connectivity index (χ0v) is 13.4. The highest BCUT2D eigenvalue weighted by molar-refractivity contribution is 5.14. The third-order valence-corrected chi connectivity index (χ3v) is 5.29. The van der Waals surface area contributed by atoms with Gasteiger partial charge in [0.15, 0.2) is 0 Å². The smallest absolute Gasteiger partial charge is 0.00954 e.